The molecule has 3 N–H and O–H groups in total. The molecule has 0 saturated heterocycles. The van der Waals surface area contributed by atoms with Gasteiger partial charge in [0.1, 0.15) is 17.2 Å². The molecule has 1 heterocycles. The van der Waals surface area contributed by atoms with Crippen molar-refractivity contribution in [3.05, 3.63) is 35.6 Å². The van der Waals surface area contributed by atoms with Gasteiger partial charge in [-0.1, -0.05) is 30.3 Å². The van der Waals surface area contributed by atoms with Crippen molar-refractivity contribution >= 4 is 29.2 Å². The predicted octanol–water partition coefficient (Wildman–Crippen LogP) is 3.44. The van der Waals surface area contributed by atoms with Crippen LogP contribution in [0.25, 0.3) is 11.0 Å². The molecule has 0 aliphatic carbocycles. The predicted molar refractivity (Wildman–Crippen MR) is 79.3 cm³/mol. The topological polar surface area (TPSA) is 71.8 Å². The molecule has 4 nitrogen and oxygen atoms in total. The van der Waals surface area contributed by atoms with Crippen molar-refractivity contribution in [1.29, 1.82) is 0 Å². The highest BCUT2D eigenvalue weighted by molar-refractivity contribution is 5.96. The first-order valence-electron chi connectivity index (χ1n) is 6.01. The van der Waals surface area contributed by atoms with E-state index in [1.54, 1.807) is 0 Å². The number of oxime groups is 1. The number of hydrogen-bond acceptors (Lipinski definition) is 3. The first kappa shape index (κ1) is 15.4. The van der Waals surface area contributed by atoms with Gasteiger partial charge in [-0.3, -0.25) is 0 Å². The molecule has 104 valence electrons. The van der Waals surface area contributed by atoms with E-state index in [4.69, 9.17) is 15.4 Å². The third-order valence-electron chi connectivity index (χ3n) is 3.36. The molecule has 0 saturated carbocycles. The third-order valence-corrected chi connectivity index (χ3v) is 3.36. The minimum atomic E-state index is -0.563. The van der Waals surface area contributed by atoms with Crippen LogP contribution in [0.1, 0.15) is 32.1 Å². The number of hydrogen-bond donors (Lipinski definition) is 2. The molecule has 2 rings (SSSR count). The number of halogens is 1. The summed E-state index contributed by atoms with van der Waals surface area (Å²) < 4.78 is 5.84. The molecule has 0 unspecified atom stereocenters. The third kappa shape index (κ3) is 2.40. The van der Waals surface area contributed by atoms with Crippen LogP contribution in [0.3, 0.4) is 0 Å². The maximum atomic E-state index is 8.94. The van der Waals surface area contributed by atoms with Crippen LogP contribution in [0.5, 0.6) is 0 Å². The molecule has 19 heavy (non-hydrogen) atoms. The van der Waals surface area contributed by atoms with Crippen LogP contribution >= 0.6 is 12.4 Å². The van der Waals surface area contributed by atoms with Gasteiger partial charge in [-0.25, -0.2) is 0 Å². The number of furan rings is 1. The zero-order chi connectivity index (χ0) is 13.3. The number of nitrogens with zero attached hydrogens (tertiary/aromatic N) is 1. The Kier molecular flexibility index (Phi) is 4.48. The fraction of sp³-hybridized carbons (Fsp3) is 0.357. The number of amidine groups is 1. The molecule has 0 bridgehead atoms. The van der Waals surface area contributed by atoms with Crippen molar-refractivity contribution < 1.29 is 9.62 Å². The van der Waals surface area contributed by atoms with Crippen molar-refractivity contribution in [3.63, 3.8) is 0 Å². The molecular weight excluding hydrogens is 264 g/mol. The second kappa shape index (κ2) is 5.53. The number of benzene rings is 1. The molecule has 0 aliphatic heterocycles. The van der Waals surface area contributed by atoms with Crippen LogP contribution < -0.4 is 5.73 Å². The number of rotatable bonds is 3. The van der Waals surface area contributed by atoms with E-state index < -0.39 is 5.41 Å². The van der Waals surface area contributed by atoms with Gasteiger partial charge < -0.3 is 15.4 Å². The number of para-hydroxylation sites is 1. The van der Waals surface area contributed by atoms with Crippen molar-refractivity contribution in [2.24, 2.45) is 10.9 Å². The van der Waals surface area contributed by atoms with Crippen LogP contribution in [-0.2, 0) is 11.8 Å². The molecule has 0 atom stereocenters. The molecule has 0 spiro atoms. The maximum Gasteiger partial charge on any atom is 0.149 e. The lowest BCUT2D eigenvalue weighted by molar-refractivity contribution is 0.313. The van der Waals surface area contributed by atoms with E-state index in [-0.39, 0.29) is 18.2 Å². The van der Waals surface area contributed by atoms with Crippen molar-refractivity contribution in [3.8, 4) is 0 Å². The van der Waals surface area contributed by atoms with Crippen molar-refractivity contribution in [1.82, 2.24) is 0 Å². The van der Waals surface area contributed by atoms with Crippen LogP contribution in [0, 0.1) is 0 Å². The smallest absolute Gasteiger partial charge is 0.149 e. The van der Waals surface area contributed by atoms with Crippen molar-refractivity contribution in [2.75, 3.05) is 0 Å². The summed E-state index contributed by atoms with van der Waals surface area (Å²) in [7, 11) is 0. The highest BCUT2D eigenvalue weighted by atomic mass is 35.5. The summed E-state index contributed by atoms with van der Waals surface area (Å²) in [4.78, 5) is 0. The van der Waals surface area contributed by atoms with Gasteiger partial charge in [-0.15, -0.1) is 12.4 Å². The Bertz CT molecular complexity index is 603. The van der Waals surface area contributed by atoms with Gasteiger partial charge in [-0.05, 0) is 19.9 Å². The van der Waals surface area contributed by atoms with Gasteiger partial charge in [-0.2, -0.15) is 0 Å². The lowest BCUT2D eigenvalue weighted by Gasteiger charge is -2.23. The molecule has 0 radical (unpaired) electrons. The van der Waals surface area contributed by atoms with E-state index in [1.165, 1.54) is 0 Å². The van der Waals surface area contributed by atoms with Crippen LogP contribution in [0.2, 0.25) is 0 Å². The van der Waals surface area contributed by atoms with E-state index in [9.17, 15) is 0 Å². The Labute approximate surface area is 118 Å². The summed E-state index contributed by atoms with van der Waals surface area (Å²) in [5.41, 5.74) is 7.08. The summed E-state index contributed by atoms with van der Waals surface area (Å²) in [5, 5.41) is 13.1. The van der Waals surface area contributed by atoms with Gasteiger partial charge in [0, 0.05) is 17.4 Å². The first-order valence-corrected chi connectivity index (χ1v) is 6.01. The molecule has 2 aromatic rings. The largest absolute Gasteiger partial charge is 0.461 e. The van der Waals surface area contributed by atoms with E-state index in [2.05, 4.69) is 5.16 Å². The highest BCUT2D eigenvalue weighted by Gasteiger charge is 2.32. The summed E-state index contributed by atoms with van der Waals surface area (Å²) in [6.45, 7) is 5.89. The van der Waals surface area contributed by atoms with E-state index >= 15 is 0 Å². The molecule has 1 aromatic heterocycles. The van der Waals surface area contributed by atoms with Crippen molar-refractivity contribution in [2.45, 2.75) is 32.6 Å². The second-order valence-electron chi connectivity index (χ2n) is 4.86. The first-order chi connectivity index (χ1) is 8.52. The van der Waals surface area contributed by atoms with Crippen LogP contribution in [0.15, 0.2) is 33.8 Å². The monoisotopic (exact) mass is 282 g/mol. The lowest BCUT2D eigenvalue weighted by Crippen LogP contribution is -2.36. The fourth-order valence-corrected chi connectivity index (χ4v) is 2.28. The Morgan fingerprint density at radius 2 is 2.00 bits per heavy atom. The Balaban J connectivity index is 0.00000180. The van der Waals surface area contributed by atoms with Crippen LogP contribution in [0.4, 0.5) is 0 Å². The molecular formula is C14H19ClN2O2. The second-order valence-corrected chi connectivity index (χ2v) is 4.86. The standard InChI is InChI=1S/C14H18N2O2.ClH/c1-4-10-12(14(2,3)13(15)16-17)9-7-5-6-8-11(9)18-10;/h5-8,17H,4H2,1-3H3,(H2,15,16);1H. The maximum absolute atomic E-state index is 8.94. The highest BCUT2D eigenvalue weighted by Crippen LogP contribution is 2.36. The summed E-state index contributed by atoms with van der Waals surface area (Å²) in [5.74, 6) is 1.07. The average Bonchev–Trinajstić information content (AvgIpc) is 2.76. The van der Waals surface area contributed by atoms with E-state index in [0.717, 1.165) is 28.7 Å². The Morgan fingerprint density at radius 1 is 1.37 bits per heavy atom. The Hall–Kier alpha value is -1.68. The van der Waals surface area contributed by atoms with Crippen LogP contribution in [-0.4, -0.2) is 11.0 Å². The molecule has 5 heteroatoms. The quantitative estimate of drug-likeness (QED) is 0.392. The normalized spacial score (nSPS) is 12.5. The number of nitrogens with two attached hydrogens (primary N) is 1. The summed E-state index contributed by atoms with van der Waals surface area (Å²) in [6.07, 6.45) is 0.770. The molecule has 1 aromatic carbocycles. The zero-order valence-electron chi connectivity index (χ0n) is 11.3. The molecule has 0 amide bonds. The number of fused-ring (bicyclic) bond motifs is 1. The van der Waals surface area contributed by atoms with Gasteiger partial charge in [0.05, 0.1) is 5.41 Å². The SMILES string of the molecule is CCc1oc2ccccc2c1C(C)(C)C(N)=NO.Cl. The number of aryl methyl sites for hydroxylation is 1. The van der Waals surface area contributed by atoms with Gasteiger partial charge >= 0.3 is 0 Å². The fourth-order valence-electron chi connectivity index (χ4n) is 2.28. The Morgan fingerprint density at radius 3 is 2.58 bits per heavy atom. The van der Waals surface area contributed by atoms with Gasteiger partial charge in [0.2, 0.25) is 0 Å². The molecule has 0 aliphatic rings. The summed E-state index contributed by atoms with van der Waals surface area (Å²) >= 11 is 0. The molecule has 0 fully saturated rings. The van der Waals surface area contributed by atoms with E-state index in [1.807, 2.05) is 45.0 Å². The van der Waals surface area contributed by atoms with Gasteiger partial charge in [0.25, 0.3) is 0 Å². The minimum Gasteiger partial charge on any atom is -0.461 e. The minimum absolute atomic E-state index is 0. The average molecular weight is 283 g/mol. The zero-order valence-corrected chi connectivity index (χ0v) is 12.1. The summed E-state index contributed by atoms with van der Waals surface area (Å²) in [6, 6.07) is 7.83. The van der Waals surface area contributed by atoms with Gasteiger partial charge in [0.15, 0.2) is 0 Å². The lowest BCUT2D eigenvalue weighted by atomic mass is 9.81. The van der Waals surface area contributed by atoms with E-state index in [0.29, 0.717) is 0 Å².